The summed E-state index contributed by atoms with van der Waals surface area (Å²) in [5.41, 5.74) is 2.14. The zero-order valence-electron chi connectivity index (χ0n) is 13.2. The lowest BCUT2D eigenvalue weighted by Crippen LogP contribution is -2.05. The summed E-state index contributed by atoms with van der Waals surface area (Å²) in [4.78, 5) is 16.5. The highest BCUT2D eigenvalue weighted by Gasteiger charge is 2.20. The van der Waals surface area contributed by atoms with Crippen molar-refractivity contribution >= 4 is 28.3 Å². The van der Waals surface area contributed by atoms with Gasteiger partial charge in [0.2, 0.25) is 5.76 Å². The lowest BCUT2D eigenvalue weighted by Gasteiger charge is -2.01. The third-order valence-electron chi connectivity index (χ3n) is 3.42. The molecule has 6 heteroatoms. The molecule has 0 spiro atoms. The van der Waals surface area contributed by atoms with E-state index in [1.54, 1.807) is 6.07 Å². The van der Waals surface area contributed by atoms with Gasteiger partial charge in [0.1, 0.15) is 17.9 Å². The summed E-state index contributed by atoms with van der Waals surface area (Å²) < 4.78 is 16.4. The van der Waals surface area contributed by atoms with Crippen LogP contribution in [0.2, 0.25) is 0 Å². The normalized spacial score (nSPS) is 10.9. The summed E-state index contributed by atoms with van der Waals surface area (Å²) in [7, 11) is 0. The van der Waals surface area contributed by atoms with Gasteiger partial charge in [-0.25, -0.2) is 9.78 Å². The number of aromatic nitrogens is 1. The first kappa shape index (κ1) is 15.6. The standard InChI is InChI=1S/C17H17NO4S/c1-4-20-13-5-6-15-14(7-13)10(2)16(22-15)17(19)21-8-12-9-23-11(3)18-12/h5-7,9H,4,8H2,1-3H3. The number of nitrogens with zero attached hydrogens (tertiary/aromatic N) is 1. The summed E-state index contributed by atoms with van der Waals surface area (Å²) in [6.07, 6.45) is 0. The fraction of sp³-hybridized carbons (Fsp3) is 0.294. The molecule has 0 fully saturated rings. The van der Waals surface area contributed by atoms with E-state index in [4.69, 9.17) is 13.9 Å². The minimum atomic E-state index is -0.484. The van der Waals surface area contributed by atoms with Gasteiger partial charge in [-0.3, -0.25) is 0 Å². The van der Waals surface area contributed by atoms with Crippen molar-refractivity contribution < 1.29 is 18.7 Å². The van der Waals surface area contributed by atoms with Crippen LogP contribution >= 0.6 is 11.3 Å². The Morgan fingerprint density at radius 3 is 2.87 bits per heavy atom. The highest BCUT2D eigenvalue weighted by Crippen LogP contribution is 2.29. The van der Waals surface area contributed by atoms with Gasteiger partial charge >= 0.3 is 5.97 Å². The van der Waals surface area contributed by atoms with E-state index in [2.05, 4.69) is 4.98 Å². The summed E-state index contributed by atoms with van der Waals surface area (Å²) in [5.74, 6) is 0.490. The molecule has 0 atom stereocenters. The van der Waals surface area contributed by atoms with Crippen LogP contribution in [0, 0.1) is 13.8 Å². The van der Waals surface area contributed by atoms with Crippen molar-refractivity contribution in [1.29, 1.82) is 0 Å². The Bertz CT molecular complexity index is 850. The summed E-state index contributed by atoms with van der Waals surface area (Å²) in [5, 5.41) is 3.68. The number of carbonyl (C=O) groups is 1. The van der Waals surface area contributed by atoms with Gasteiger partial charge in [-0.2, -0.15) is 0 Å². The van der Waals surface area contributed by atoms with Crippen LogP contribution in [-0.4, -0.2) is 17.6 Å². The van der Waals surface area contributed by atoms with Crippen LogP contribution in [-0.2, 0) is 11.3 Å². The fourth-order valence-electron chi connectivity index (χ4n) is 2.33. The van der Waals surface area contributed by atoms with Crippen molar-refractivity contribution in [2.24, 2.45) is 0 Å². The topological polar surface area (TPSA) is 61.6 Å². The van der Waals surface area contributed by atoms with E-state index in [9.17, 15) is 4.79 Å². The maximum Gasteiger partial charge on any atom is 0.374 e. The van der Waals surface area contributed by atoms with Crippen molar-refractivity contribution in [3.05, 3.63) is 45.6 Å². The smallest absolute Gasteiger partial charge is 0.374 e. The maximum absolute atomic E-state index is 12.3. The predicted molar refractivity (Wildman–Crippen MR) is 88.1 cm³/mol. The number of furan rings is 1. The van der Waals surface area contributed by atoms with Gasteiger partial charge in [-0.1, -0.05) is 0 Å². The number of thiazole rings is 1. The van der Waals surface area contributed by atoms with Gasteiger partial charge in [0.25, 0.3) is 0 Å². The van der Waals surface area contributed by atoms with Gasteiger partial charge < -0.3 is 13.9 Å². The second-order valence-electron chi connectivity index (χ2n) is 5.08. The maximum atomic E-state index is 12.3. The number of benzene rings is 1. The molecule has 0 saturated heterocycles. The number of hydrogen-bond acceptors (Lipinski definition) is 6. The third kappa shape index (κ3) is 3.22. The largest absolute Gasteiger partial charge is 0.494 e. The van der Waals surface area contributed by atoms with E-state index in [-0.39, 0.29) is 12.4 Å². The van der Waals surface area contributed by atoms with Crippen molar-refractivity contribution in [3.8, 4) is 5.75 Å². The molecule has 1 aromatic carbocycles. The molecule has 3 rings (SSSR count). The van der Waals surface area contributed by atoms with E-state index in [0.29, 0.717) is 12.2 Å². The molecule has 0 unspecified atom stereocenters. The number of hydrogen-bond donors (Lipinski definition) is 0. The summed E-state index contributed by atoms with van der Waals surface area (Å²) in [6, 6.07) is 5.49. The first-order chi connectivity index (χ1) is 11.1. The highest BCUT2D eigenvalue weighted by atomic mass is 32.1. The van der Waals surface area contributed by atoms with Crippen LogP contribution in [0.3, 0.4) is 0 Å². The molecule has 0 aliphatic rings. The Morgan fingerprint density at radius 1 is 1.35 bits per heavy atom. The molecule has 2 heterocycles. The van der Waals surface area contributed by atoms with E-state index in [1.807, 2.05) is 38.3 Å². The number of esters is 1. The first-order valence-electron chi connectivity index (χ1n) is 7.32. The molecular weight excluding hydrogens is 314 g/mol. The van der Waals surface area contributed by atoms with Crippen LogP contribution in [0.5, 0.6) is 5.75 Å². The minimum absolute atomic E-state index is 0.143. The lowest BCUT2D eigenvalue weighted by molar-refractivity contribution is 0.0433. The van der Waals surface area contributed by atoms with Crippen LogP contribution in [0.15, 0.2) is 28.0 Å². The van der Waals surface area contributed by atoms with E-state index >= 15 is 0 Å². The Balaban J connectivity index is 1.81. The second kappa shape index (κ2) is 6.42. The van der Waals surface area contributed by atoms with Gasteiger partial charge in [-0.15, -0.1) is 11.3 Å². The molecule has 23 heavy (non-hydrogen) atoms. The monoisotopic (exact) mass is 331 g/mol. The minimum Gasteiger partial charge on any atom is -0.494 e. The third-order valence-corrected chi connectivity index (χ3v) is 4.24. The molecule has 0 radical (unpaired) electrons. The Kier molecular flexibility index (Phi) is 4.34. The Hall–Kier alpha value is -2.34. The SMILES string of the molecule is CCOc1ccc2oc(C(=O)OCc3csc(C)n3)c(C)c2c1. The first-order valence-corrected chi connectivity index (χ1v) is 8.20. The zero-order chi connectivity index (χ0) is 16.4. The zero-order valence-corrected chi connectivity index (χ0v) is 14.0. The molecule has 0 aliphatic heterocycles. The predicted octanol–water partition coefficient (Wildman–Crippen LogP) is 4.26. The van der Waals surface area contributed by atoms with Gasteiger partial charge in [0.15, 0.2) is 0 Å². The van der Waals surface area contributed by atoms with Gasteiger partial charge in [0, 0.05) is 16.3 Å². The molecule has 0 amide bonds. The number of ether oxygens (including phenoxy) is 2. The van der Waals surface area contributed by atoms with E-state index in [1.165, 1.54) is 11.3 Å². The molecule has 0 aliphatic carbocycles. The lowest BCUT2D eigenvalue weighted by atomic mass is 10.1. The number of carbonyl (C=O) groups excluding carboxylic acids is 1. The average molecular weight is 331 g/mol. The molecule has 3 aromatic rings. The van der Waals surface area contributed by atoms with Crippen LogP contribution < -0.4 is 4.74 Å². The molecule has 0 N–H and O–H groups in total. The van der Waals surface area contributed by atoms with Crippen molar-refractivity contribution in [2.75, 3.05) is 6.61 Å². The number of rotatable bonds is 5. The summed E-state index contributed by atoms with van der Waals surface area (Å²) >= 11 is 1.53. The van der Waals surface area contributed by atoms with Crippen molar-refractivity contribution in [2.45, 2.75) is 27.4 Å². The van der Waals surface area contributed by atoms with Crippen molar-refractivity contribution in [1.82, 2.24) is 4.98 Å². The van der Waals surface area contributed by atoms with E-state index < -0.39 is 5.97 Å². The van der Waals surface area contributed by atoms with Gasteiger partial charge in [-0.05, 0) is 39.0 Å². The van der Waals surface area contributed by atoms with Crippen LogP contribution in [0.25, 0.3) is 11.0 Å². The average Bonchev–Trinajstić information content (AvgIpc) is 3.09. The molecule has 120 valence electrons. The number of aryl methyl sites for hydroxylation is 2. The highest BCUT2D eigenvalue weighted by molar-refractivity contribution is 7.09. The Labute approximate surface area is 137 Å². The molecule has 0 bridgehead atoms. The molecule has 0 saturated carbocycles. The molecular formula is C17H17NO4S. The fourth-order valence-corrected chi connectivity index (χ4v) is 2.93. The van der Waals surface area contributed by atoms with Crippen molar-refractivity contribution in [3.63, 3.8) is 0 Å². The van der Waals surface area contributed by atoms with Gasteiger partial charge in [0.05, 0.1) is 17.3 Å². The molecule has 5 nitrogen and oxygen atoms in total. The Morgan fingerprint density at radius 2 is 2.17 bits per heavy atom. The second-order valence-corrected chi connectivity index (χ2v) is 6.14. The molecule has 2 aromatic heterocycles. The van der Waals surface area contributed by atoms with Crippen LogP contribution in [0.1, 0.15) is 33.7 Å². The quantitative estimate of drug-likeness (QED) is 0.654. The van der Waals surface area contributed by atoms with E-state index in [0.717, 1.165) is 27.4 Å². The van der Waals surface area contributed by atoms with Crippen LogP contribution in [0.4, 0.5) is 0 Å². The number of fused-ring (bicyclic) bond motifs is 1. The summed E-state index contributed by atoms with van der Waals surface area (Å²) in [6.45, 7) is 6.41.